The Bertz CT molecular complexity index is 1450. The van der Waals surface area contributed by atoms with Gasteiger partial charge in [0.25, 0.3) is 26.0 Å². The van der Waals surface area contributed by atoms with Gasteiger partial charge in [-0.2, -0.15) is 34.8 Å². The molecule has 0 aromatic heterocycles. The number of amides is 1. The van der Waals surface area contributed by atoms with Gasteiger partial charge in [-0.25, -0.2) is 8.42 Å². The van der Waals surface area contributed by atoms with Crippen LogP contribution in [0.5, 0.6) is 0 Å². The van der Waals surface area contributed by atoms with Crippen molar-refractivity contribution < 1.29 is 52.5 Å². The van der Waals surface area contributed by atoms with Crippen molar-refractivity contribution in [3.8, 4) is 0 Å². The molecule has 2 bridgehead atoms. The Labute approximate surface area is 206 Å². The Morgan fingerprint density at radius 1 is 0.919 bits per heavy atom. The summed E-state index contributed by atoms with van der Waals surface area (Å²) in [5.41, 5.74) is -5.62. The van der Waals surface area contributed by atoms with E-state index in [2.05, 4.69) is 5.32 Å². The number of nitrogens with one attached hydrogen (secondary N) is 2. The highest BCUT2D eigenvalue weighted by atomic mass is 32.2. The Balaban J connectivity index is 1.60. The van der Waals surface area contributed by atoms with Gasteiger partial charge < -0.3 is 5.32 Å². The van der Waals surface area contributed by atoms with E-state index in [0.717, 1.165) is 30.3 Å². The van der Waals surface area contributed by atoms with Crippen molar-refractivity contribution in [1.82, 2.24) is 5.32 Å². The summed E-state index contributed by atoms with van der Waals surface area (Å²) in [6.45, 7) is 0. The quantitative estimate of drug-likeness (QED) is 0.338. The van der Waals surface area contributed by atoms with Crippen molar-refractivity contribution >= 4 is 31.7 Å². The number of alkyl halides is 6. The number of sulfonamides is 1. The topological polar surface area (TPSA) is 130 Å². The maximum atomic E-state index is 13.3. The molecule has 0 unspecified atom stereocenters. The van der Waals surface area contributed by atoms with Crippen LogP contribution in [0.25, 0.3) is 0 Å². The fourth-order valence-electron chi connectivity index (χ4n) is 4.71. The first-order valence-corrected chi connectivity index (χ1v) is 13.5. The molecular weight excluding hydrogens is 554 g/mol. The molecule has 0 aliphatic heterocycles. The Morgan fingerprint density at radius 2 is 1.49 bits per heavy atom. The van der Waals surface area contributed by atoms with Gasteiger partial charge in [-0.3, -0.25) is 14.1 Å². The van der Waals surface area contributed by atoms with Crippen LogP contribution in [0, 0.1) is 5.41 Å². The molecule has 3 saturated carbocycles. The summed E-state index contributed by atoms with van der Waals surface area (Å²) in [5, 5.41) is 2.39. The van der Waals surface area contributed by atoms with Gasteiger partial charge in [-0.15, -0.1) is 0 Å². The summed E-state index contributed by atoms with van der Waals surface area (Å²) >= 11 is 0. The number of benzene rings is 2. The number of halogens is 6. The summed E-state index contributed by atoms with van der Waals surface area (Å²) in [7, 11) is -9.01. The lowest BCUT2D eigenvalue weighted by molar-refractivity contribution is -0.336. The second kappa shape index (κ2) is 8.33. The fourth-order valence-corrected chi connectivity index (χ4v) is 6.40. The third-order valence-corrected chi connectivity index (χ3v) is 8.51. The SMILES string of the molecule is O=C(NC12CC(C(F)(F)F)(C1)C2)c1ccc(C(F)(F)F)cc1NS(=O)(=O)c1ccc(CS(=O)(=O)O)cc1. The van der Waals surface area contributed by atoms with Gasteiger partial charge in [0, 0.05) is 5.54 Å². The summed E-state index contributed by atoms with van der Waals surface area (Å²) in [6.07, 6.45) is -10.5. The van der Waals surface area contributed by atoms with E-state index in [0.29, 0.717) is 12.1 Å². The largest absolute Gasteiger partial charge is 0.416 e. The standard InChI is InChI=1S/C21H18F6N2O6S2/c22-20(23,24)13-3-6-15(17(30)28-19-9-18(10-19,11-19)21(25,26)27)16(7-13)29-37(34,35)14-4-1-12(2-5-14)8-36(31,32)33/h1-7,29H,8-11H2,(H,28,30)(H,31,32,33). The number of anilines is 1. The van der Waals surface area contributed by atoms with Gasteiger partial charge in [-0.05, 0) is 55.2 Å². The Kier molecular flexibility index (Phi) is 6.12. The first-order valence-electron chi connectivity index (χ1n) is 10.4. The number of rotatable bonds is 7. The predicted octanol–water partition coefficient (Wildman–Crippen LogP) is 4.11. The molecule has 0 atom stereocenters. The molecule has 37 heavy (non-hydrogen) atoms. The molecule has 16 heteroatoms. The summed E-state index contributed by atoms with van der Waals surface area (Å²) in [5.74, 6) is -1.86. The van der Waals surface area contributed by atoms with Gasteiger partial charge in [0.15, 0.2) is 0 Å². The zero-order chi connectivity index (χ0) is 27.7. The molecule has 3 aliphatic rings. The minimum Gasteiger partial charge on any atom is -0.346 e. The average molecular weight is 573 g/mol. The molecular formula is C21H18F6N2O6S2. The molecule has 3 N–H and O–H groups in total. The van der Waals surface area contributed by atoms with E-state index in [-0.39, 0.29) is 24.8 Å². The Morgan fingerprint density at radius 3 is 1.97 bits per heavy atom. The van der Waals surface area contributed by atoms with Gasteiger partial charge in [-0.1, -0.05) is 12.1 Å². The number of carbonyl (C=O) groups is 1. The second-order valence-electron chi connectivity index (χ2n) is 9.28. The van der Waals surface area contributed by atoms with Crippen molar-refractivity contribution in [1.29, 1.82) is 0 Å². The first-order chi connectivity index (χ1) is 16.7. The second-order valence-corrected chi connectivity index (χ2v) is 12.4. The van der Waals surface area contributed by atoms with Crippen molar-refractivity contribution in [2.75, 3.05) is 4.72 Å². The van der Waals surface area contributed by atoms with E-state index in [4.69, 9.17) is 4.55 Å². The molecule has 202 valence electrons. The van der Waals surface area contributed by atoms with Crippen molar-refractivity contribution in [2.24, 2.45) is 5.41 Å². The zero-order valence-electron chi connectivity index (χ0n) is 18.4. The zero-order valence-corrected chi connectivity index (χ0v) is 20.1. The third kappa shape index (κ3) is 5.27. The maximum absolute atomic E-state index is 13.3. The van der Waals surface area contributed by atoms with Crippen molar-refractivity contribution in [2.45, 2.75) is 47.8 Å². The van der Waals surface area contributed by atoms with Crippen LogP contribution < -0.4 is 10.0 Å². The molecule has 0 heterocycles. The molecule has 0 spiro atoms. The molecule has 0 radical (unpaired) electrons. The van der Waals surface area contributed by atoms with Crippen LogP contribution in [0.1, 0.15) is 40.7 Å². The van der Waals surface area contributed by atoms with Crippen LogP contribution in [-0.4, -0.2) is 39.0 Å². The fraction of sp³-hybridized carbons (Fsp3) is 0.381. The molecule has 5 rings (SSSR count). The van der Waals surface area contributed by atoms with E-state index in [9.17, 15) is 48.0 Å². The minimum atomic E-state index is -4.90. The highest BCUT2D eigenvalue weighted by Crippen LogP contribution is 2.73. The molecule has 8 nitrogen and oxygen atoms in total. The monoisotopic (exact) mass is 572 g/mol. The summed E-state index contributed by atoms with van der Waals surface area (Å²) in [4.78, 5) is 12.3. The van der Waals surface area contributed by atoms with Gasteiger partial charge in [0.05, 0.1) is 27.1 Å². The van der Waals surface area contributed by atoms with Crippen LogP contribution in [0.15, 0.2) is 47.4 Å². The summed E-state index contributed by atoms with van der Waals surface area (Å²) < 4.78 is 137. The first kappa shape index (κ1) is 27.2. The molecule has 2 aromatic rings. The van der Waals surface area contributed by atoms with Gasteiger partial charge in [0.1, 0.15) is 5.75 Å². The van der Waals surface area contributed by atoms with Crippen LogP contribution in [-0.2, 0) is 32.1 Å². The van der Waals surface area contributed by atoms with E-state index >= 15 is 0 Å². The van der Waals surface area contributed by atoms with Crippen LogP contribution >= 0.6 is 0 Å². The molecule has 2 aromatic carbocycles. The maximum Gasteiger partial charge on any atom is 0.416 e. The summed E-state index contributed by atoms with van der Waals surface area (Å²) in [6, 6.07) is 5.64. The molecule has 1 amide bonds. The van der Waals surface area contributed by atoms with Gasteiger partial charge >= 0.3 is 12.4 Å². The lowest BCUT2D eigenvalue weighted by Gasteiger charge is -2.70. The number of hydrogen-bond donors (Lipinski definition) is 3. The lowest BCUT2D eigenvalue weighted by Crippen LogP contribution is -2.78. The van der Waals surface area contributed by atoms with Gasteiger partial charge in [0.2, 0.25) is 0 Å². The minimum absolute atomic E-state index is 0.0239. The van der Waals surface area contributed by atoms with Crippen molar-refractivity contribution in [3.05, 3.63) is 59.2 Å². The average Bonchev–Trinajstić information content (AvgIpc) is 2.66. The van der Waals surface area contributed by atoms with E-state index in [1.807, 2.05) is 4.72 Å². The normalized spacial score (nSPS) is 23.5. The molecule has 3 aliphatic carbocycles. The molecule has 3 fully saturated rings. The van der Waals surface area contributed by atoms with Crippen molar-refractivity contribution in [3.63, 3.8) is 0 Å². The van der Waals surface area contributed by atoms with Crippen LogP contribution in [0.3, 0.4) is 0 Å². The van der Waals surface area contributed by atoms with Crippen LogP contribution in [0.4, 0.5) is 32.0 Å². The smallest absolute Gasteiger partial charge is 0.346 e. The highest BCUT2D eigenvalue weighted by molar-refractivity contribution is 7.92. The molecule has 0 saturated heterocycles. The third-order valence-electron chi connectivity index (χ3n) is 6.43. The van der Waals surface area contributed by atoms with E-state index in [1.54, 1.807) is 0 Å². The van der Waals surface area contributed by atoms with Crippen LogP contribution in [0.2, 0.25) is 0 Å². The van der Waals surface area contributed by atoms with E-state index < -0.39 is 76.8 Å². The number of hydrogen-bond acceptors (Lipinski definition) is 5. The Hall–Kier alpha value is -2.85. The van der Waals surface area contributed by atoms with E-state index in [1.165, 1.54) is 0 Å². The lowest BCUT2D eigenvalue weighted by atomic mass is 9.39. The predicted molar refractivity (Wildman–Crippen MR) is 116 cm³/mol. The highest BCUT2D eigenvalue weighted by Gasteiger charge is 2.79. The number of carbonyl (C=O) groups excluding carboxylic acids is 1.